The molecule has 1 aromatic carbocycles. The van der Waals surface area contributed by atoms with Gasteiger partial charge in [0.25, 0.3) is 0 Å². The van der Waals surface area contributed by atoms with Gasteiger partial charge in [0.15, 0.2) is 9.84 Å². The van der Waals surface area contributed by atoms with Crippen molar-refractivity contribution in [2.75, 3.05) is 5.73 Å². The predicted octanol–water partition coefficient (Wildman–Crippen LogP) is 0.993. The first-order chi connectivity index (χ1) is 8.94. The van der Waals surface area contributed by atoms with E-state index < -0.39 is 15.7 Å². The highest BCUT2D eigenvalue weighted by Crippen LogP contribution is 2.22. The molecule has 6 nitrogen and oxygen atoms in total. The van der Waals surface area contributed by atoms with E-state index in [-0.39, 0.29) is 16.3 Å². The number of aryl methyl sites for hydroxylation is 1. The van der Waals surface area contributed by atoms with Crippen molar-refractivity contribution >= 4 is 15.5 Å². The van der Waals surface area contributed by atoms with Gasteiger partial charge < -0.3 is 5.73 Å². The van der Waals surface area contributed by atoms with Crippen molar-refractivity contribution in [1.29, 1.82) is 0 Å². The lowest BCUT2D eigenvalue weighted by molar-refractivity contribution is 0.581. The molecule has 0 aliphatic heterocycles. The summed E-state index contributed by atoms with van der Waals surface area (Å²) in [7, 11) is -3.76. The maximum atomic E-state index is 13.1. The lowest BCUT2D eigenvalue weighted by atomic mass is 10.3. The lowest BCUT2D eigenvalue weighted by Gasteiger charge is -2.08. The highest BCUT2D eigenvalue weighted by atomic mass is 32.2. The fourth-order valence-electron chi connectivity index (χ4n) is 1.69. The molecule has 102 valence electrons. The Balaban J connectivity index is 2.41. The van der Waals surface area contributed by atoms with Gasteiger partial charge in [-0.3, -0.25) is 0 Å². The number of nitrogens with zero attached hydrogens (tertiary/aromatic N) is 3. The van der Waals surface area contributed by atoms with E-state index in [9.17, 15) is 12.8 Å². The van der Waals surface area contributed by atoms with Gasteiger partial charge in [-0.05, 0) is 25.1 Å². The van der Waals surface area contributed by atoms with E-state index in [0.29, 0.717) is 12.4 Å². The van der Waals surface area contributed by atoms with Crippen LogP contribution in [-0.2, 0) is 22.1 Å². The summed E-state index contributed by atoms with van der Waals surface area (Å²) >= 11 is 0. The van der Waals surface area contributed by atoms with Gasteiger partial charge in [-0.1, -0.05) is 0 Å². The molecule has 0 saturated heterocycles. The molecule has 2 aromatic rings. The second kappa shape index (κ2) is 4.96. The number of aromatic nitrogens is 3. The Labute approximate surface area is 110 Å². The molecule has 0 radical (unpaired) electrons. The Morgan fingerprint density at radius 3 is 2.84 bits per heavy atom. The largest absolute Gasteiger partial charge is 0.398 e. The number of nitrogens with two attached hydrogens (primary N) is 1. The minimum absolute atomic E-state index is 0.0176. The van der Waals surface area contributed by atoms with Gasteiger partial charge in [0.05, 0.1) is 10.6 Å². The molecule has 19 heavy (non-hydrogen) atoms. The van der Waals surface area contributed by atoms with Crippen LogP contribution in [0.5, 0.6) is 0 Å². The smallest absolute Gasteiger partial charge is 0.187 e. The standard InChI is InChI=1S/C11H13FN4O2S/c1-2-16-11(14-7-15-16)6-19(17,18)10-5-8(12)3-4-9(10)13/h3-5,7H,2,6,13H2,1H3. The van der Waals surface area contributed by atoms with Crippen LogP contribution in [0.15, 0.2) is 29.4 Å². The van der Waals surface area contributed by atoms with E-state index in [0.717, 1.165) is 12.1 Å². The third-order valence-electron chi connectivity index (χ3n) is 2.63. The number of rotatable bonds is 4. The molecular weight excluding hydrogens is 271 g/mol. The summed E-state index contributed by atoms with van der Waals surface area (Å²) in [5.41, 5.74) is 5.60. The van der Waals surface area contributed by atoms with E-state index in [2.05, 4.69) is 10.1 Å². The molecule has 1 aromatic heterocycles. The second-order valence-electron chi connectivity index (χ2n) is 3.93. The highest BCUT2D eigenvalue weighted by molar-refractivity contribution is 7.90. The SMILES string of the molecule is CCn1ncnc1CS(=O)(=O)c1cc(F)ccc1N. The molecule has 0 fully saturated rings. The maximum absolute atomic E-state index is 13.1. The maximum Gasteiger partial charge on any atom is 0.187 e. The fraction of sp³-hybridized carbons (Fsp3) is 0.273. The lowest BCUT2D eigenvalue weighted by Crippen LogP contribution is -2.13. The monoisotopic (exact) mass is 284 g/mol. The van der Waals surface area contributed by atoms with Crippen LogP contribution in [0.2, 0.25) is 0 Å². The van der Waals surface area contributed by atoms with Crippen LogP contribution in [0.1, 0.15) is 12.7 Å². The molecule has 2 N–H and O–H groups in total. The van der Waals surface area contributed by atoms with Crippen molar-refractivity contribution in [3.05, 3.63) is 36.2 Å². The molecule has 0 unspecified atom stereocenters. The number of halogens is 1. The van der Waals surface area contributed by atoms with Crippen LogP contribution >= 0.6 is 0 Å². The van der Waals surface area contributed by atoms with E-state index >= 15 is 0 Å². The molecular formula is C11H13FN4O2S. The zero-order valence-corrected chi connectivity index (χ0v) is 11.1. The van der Waals surface area contributed by atoms with Gasteiger partial charge in [-0.2, -0.15) is 5.10 Å². The van der Waals surface area contributed by atoms with Crippen molar-refractivity contribution in [1.82, 2.24) is 14.8 Å². The zero-order valence-electron chi connectivity index (χ0n) is 10.2. The van der Waals surface area contributed by atoms with E-state index in [1.807, 2.05) is 6.92 Å². The molecule has 0 saturated carbocycles. The van der Waals surface area contributed by atoms with E-state index in [1.165, 1.54) is 17.1 Å². The Morgan fingerprint density at radius 1 is 1.42 bits per heavy atom. The van der Waals surface area contributed by atoms with Gasteiger partial charge in [0.2, 0.25) is 0 Å². The van der Waals surface area contributed by atoms with Gasteiger partial charge in [-0.25, -0.2) is 22.5 Å². The summed E-state index contributed by atoms with van der Waals surface area (Å²) in [6.45, 7) is 2.32. The van der Waals surface area contributed by atoms with Crippen LogP contribution in [0.25, 0.3) is 0 Å². The first-order valence-corrected chi connectivity index (χ1v) is 7.23. The number of hydrogen-bond acceptors (Lipinski definition) is 5. The van der Waals surface area contributed by atoms with Crippen molar-refractivity contribution < 1.29 is 12.8 Å². The van der Waals surface area contributed by atoms with Gasteiger partial charge in [0, 0.05) is 6.54 Å². The summed E-state index contributed by atoms with van der Waals surface area (Å²) in [6.07, 6.45) is 1.28. The summed E-state index contributed by atoms with van der Waals surface area (Å²) in [4.78, 5) is 3.66. The Bertz CT molecular complexity index is 696. The second-order valence-corrected chi connectivity index (χ2v) is 5.89. The minimum atomic E-state index is -3.76. The van der Waals surface area contributed by atoms with E-state index in [1.54, 1.807) is 0 Å². The molecule has 0 bridgehead atoms. The molecule has 2 rings (SSSR count). The molecule has 0 aliphatic rings. The van der Waals surface area contributed by atoms with Crippen molar-refractivity contribution in [2.45, 2.75) is 24.1 Å². The number of hydrogen-bond donors (Lipinski definition) is 1. The summed E-state index contributed by atoms with van der Waals surface area (Å²) in [5.74, 6) is -0.718. The van der Waals surface area contributed by atoms with Crippen molar-refractivity contribution in [3.63, 3.8) is 0 Å². The third kappa shape index (κ3) is 2.73. The zero-order chi connectivity index (χ0) is 14.0. The minimum Gasteiger partial charge on any atom is -0.398 e. The Morgan fingerprint density at radius 2 is 2.16 bits per heavy atom. The average molecular weight is 284 g/mol. The highest BCUT2D eigenvalue weighted by Gasteiger charge is 2.21. The third-order valence-corrected chi connectivity index (χ3v) is 4.29. The summed E-state index contributed by atoms with van der Waals surface area (Å²) < 4.78 is 39.0. The van der Waals surface area contributed by atoms with Crippen LogP contribution in [0, 0.1) is 5.82 Å². The molecule has 8 heteroatoms. The number of sulfone groups is 1. The molecule has 0 aliphatic carbocycles. The number of benzene rings is 1. The van der Waals surface area contributed by atoms with E-state index in [4.69, 9.17) is 5.73 Å². The fourth-order valence-corrected chi connectivity index (χ4v) is 3.13. The quantitative estimate of drug-likeness (QED) is 0.845. The first kappa shape index (κ1) is 13.5. The number of anilines is 1. The molecule has 0 spiro atoms. The van der Waals surface area contributed by atoms with Crippen LogP contribution < -0.4 is 5.73 Å². The molecule has 0 amide bonds. The summed E-state index contributed by atoms with van der Waals surface area (Å²) in [5, 5.41) is 3.89. The molecule has 0 atom stereocenters. The Hall–Kier alpha value is -1.96. The first-order valence-electron chi connectivity index (χ1n) is 5.58. The Kier molecular flexibility index (Phi) is 3.52. The molecule has 1 heterocycles. The van der Waals surface area contributed by atoms with Crippen LogP contribution in [-0.4, -0.2) is 23.2 Å². The normalized spacial score (nSPS) is 11.7. The van der Waals surface area contributed by atoms with Crippen molar-refractivity contribution in [2.24, 2.45) is 0 Å². The van der Waals surface area contributed by atoms with Gasteiger partial charge >= 0.3 is 0 Å². The average Bonchev–Trinajstić information content (AvgIpc) is 2.78. The van der Waals surface area contributed by atoms with Gasteiger partial charge in [0.1, 0.15) is 23.7 Å². The topological polar surface area (TPSA) is 90.9 Å². The predicted molar refractivity (Wildman–Crippen MR) is 67.4 cm³/mol. The summed E-state index contributed by atoms with van der Waals surface area (Å²) in [6, 6.07) is 3.26. The van der Waals surface area contributed by atoms with Crippen LogP contribution in [0.4, 0.5) is 10.1 Å². The number of nitrogen functional groups attached to an aromatic ring is 1. The van der Waals surface area contributed by atoms with Gasteiger partial charge in [-0.15, -0.1) is 0 Å². The van der Waals surface area contributed by atoms with Crippen LogP contribution in [0.3, 0.4) is 0 Å². The van der Waals surface area contributed by atoms with Crippen molar-refractivity contribution in [3.8, 4) is 0 Å².